The monoisotopic (exact) mass is 461 g/mol. The number of aryl methyl sites for hydroxylation is 1. The van der Waals surface area contributed by atoms with Crippen molar-refractivity contribution in [3.05, 3.63) is 53.9 Å². The second kappa shape index (κ2) is 11.2. The summed E-state index contributed by atoms with van der Waals surface area (Å²) in [6, 6.07) is 10.2. The van der Waals surface area contributed by atoms with Crippen molar-refractivity contribution >= 4 is 11.8 Å². The molecule has 182 valence electrons. The van der Waals surface area contributed by atoms with Crippen LogP contribution >= 0.6 is 0 Å². The topological polar surface area (TPSA) is 62.3 Å². The maximum Gasteiger partial charge on any atom is 0.245 e. The summed E-state index contributed by atoms with van der Waals surface area (Å²) >= 11 is 0. The largest absolute Gasteiger partial charge is 0.344 e. The van der Waals surface area contributed by atoms with Crippen LogP contribution in [0.25, 0.3) is 11.1 Å². The first-order valence-corrected chi connectivity index (χ1v) is 13.1. The number of nitrogens with one attached hydrogen (secondary N) is 1. The molecular formula is C29H39N3O2. The highest BCUT2D eigenvalue weighted by atomic mass is 16.2. The fraction of sp³-hybridized carbons (Fsp3) is 0.552. The summed E-state index contributed by atoms with van der Waals surface area (Å²) in [5, 5.41) is 3.18. The standard InChI is InChI=1S/C29H39N3O2/c1-4-21(3)28(33)31-27(22-11-6-5-7-12-22)29(34)32-15-9-14-26(32)25-17-24(18-30-19-25)23-13-8-10-20(2)16-23/h8,10,13,16-19,21-22,26-27H,4-7,9,11-12,14-15H2,1-3H3,(H,31,33). The van der Waals surface area contributed by atoms with Gasteiger partial charge in [0.2, 0.25) is 11.8 Å². The van der Waals surface area contributed by atoms with Crippen LogP contribution in [0.15, 0.2) is 42.7 Å². The predicted octanol–water partition coefficient (Wildman–Crippen LogP) is 5.83. The van der Waals surface area contributed by atoms with Crippen molar-refractivity contribution in [2.45, 2.75) is 84.2 Å². The number of benzene rings is 1. The van der Waals surface area contributed by atoms with Gasteiger partial charge in [-0.05, 0) is 62.1 Å². The molecule has 4 rings (SSSR count). The fourth-order valence-corrected chi connectivity index (χ4v) is 5.51. The number of nitrogens with zero attached hydrogens (tertiary/aromatic N) is 2. The van der Waals surface area contributed by atoms with E-state index in [0.717, 1.165) is 68.2 Å². The molecule has 1 aliphatic heterocycles. The number of carbonyl (C=O) groups is 2. The molecule has 1 aromatic carbocycles. The Morgan fingerprint density at radius 2 is 1.85 bits per heavy atom. The molecule has 0 radical (unpaired) electrons. The van der Waals surface area contributed by atoms with E-state index >= 15 is 0 Å². The van der Waals surface area contributed by atoms with Gasteiger partial charge in [-0.3, -0.25) is 14.6 Å². The van der Waals surface area contributed by atoms with E-state index in [1.54, 1.807) is 0 Å². The fourth-order valence-electron chi connectivity index (χ4n) is 5.51. The van der Waals surface area contributed by atoms with Crippen molar-refractivity contribution in [3.63, 3.8) is 0 Å². The summed E-state index contributed by atoms with van der Waals surface area (Å²) in [6.45, 7) is 6.79. The molecule has 2 fully saturated rings. The van der Waals surface area contributed by atoms with Crippen LogP contribution in [0.3, 0.4) is 0 Å². The van der Waals surface area contributed by atoms with E-state index < -0.39 is 6.04 Å². The van der Waals surface area contributed by atoms with Gasteiger partial charge in [-0.25, -0.2) is 0 Å². The van der Waals surface area contributed by atoms with Crippen LogP contribution in [-0.4, -0.2) is 34.3 Å². The first kappa shape index (κ1) is 24.4. The molecule has 3 unspecified atom stereocenters. The van der Waals surface area contributed by atoms with Crippen LogP contribution < -0.4 is 5.32 Å². The van der Waals surface area contributed by atoms with Gasteiger partial charge in [0.1, 0.15) is 6.04 Å². The number of hydrogen-bond donors (Lipinski definition) is 1. The highest BCUT2D eigenvalue weighted by molar-refractivity contribution is 5.89. The SMILES string of the molecule is CCC(C)C(=O)NC(C(=O)N1CCCC1c1cncc(-c2cccc(C)c2)c1)C1CCCCC1. The Balaban J connectivity index is 1.58. The first-order chi connectivity index (χ1) is 16.5. The Kier molecular flexibility index (Phi) is 8.02. The van der Waals surface area contributed by atoms with E-state index in [1.807, 2.05) is 31.1 Å². The summed E-state index contributed by atoms with van der Waals surface area (Å²) in [7, 11) is 0. The molecule has 2 amide bonds. The van der Waals surface area contributed by atoms with Crippen molar-refractivity contribution in [1.29, 1.82) is 0 Å². The predicted molar refractivity (Wildman–Crippen MR) is 136 cm³/mol. The highest BCUT2D eigenvalue weighted by Gasteiger charge is 2.39. The molecule has 0 bridgehead atoms. The average molecular weight is 462 g/mol. The van der Waals surface area contributed by atoms with Gasteiger partial charge < -0.3 is 10.2 Å². The highest BCUT2D eigenvalue weighted by Crippen LogP contribution is 2.36. The number of rotatable bonds is 7. The summed E-state index contributed by atoms with van der Waals surface area (Å²) in [5.41, 5.74) is 4.52. The zero-order chi connectivity index (χ0) is 24.1. The van der Waals surface area contributed by atoms with Gasteiger partial charge in [-0.15, -0.1) is 0 Å². The Morgan fingerprint density at radius 3 is 2.59 bits per heavy atom. The van der Waals surface area contributed by atoms with Crippen LogP contribution in [0.4, 0.5) is 0 Å². The van der Waals surface area contributed by atoms with Crippen molar-refractivity contribution in [2.24, 2.45) is 11.8 Å². The zero-order valence-electron chi connectivity index (χ0n) is 20.9. The number of likely N-dealkylation sites (tertiary alicyclic amines) is 1. The number of carbonyl (C=O) groups excluding carboxylic acids is 2. The van der Waals surface area contributed by atoms with Crippen molar-refractivity contribution in [1.82, 2.24) is 15.2 Å². The molecule has 5 nitrogen and oxygen atoms in total. The van der Waals surface area contributed by atoms with Gasteiger partial charge in [0.05, 0.1) is 6.04 Å². The molecule has 3 atom stereocenters. The third kappa shape index (κ3) is 5.51. The van der Waals surface area contributed by atoms with E-state index in [2.05, 4.69) is 47.6 Å². The van der Waals surface area contributed by atoms with E-state index in [-0.39, 0.29) is 29.7 Å². The summed E-state index contributed by atoms with van der Waals surface area (Å²) in [6.07, 6.45) is 12.0. The van der Waals surface area contributed by atoms with Gasteiger partial charge in [0.25, 0.3) is 0 Å². The molecule has 2 aromatic rings. The summed E-state index contributed by atoms with van der Waals surface area (Å²) in [5.74, 6) is 0.244. The smallest absolute Gasteiger partial charge is 0.245 e. The van der Waals surface area contributed by atoms with Crippen molar-refractivity contribution in [2.75, 3.05) is 6.54 Å². The minimum Gasteiger partial charge on any atom is -0.344 e. The number of aromatic nitrogens is 1. The van der Waals surface area contributed by atoms with Crippen LogP contribution in [0.5, 0.6) is 0 Å². The molecule has 2 heterocycles. The second-order valence-electron chi connectivity index (χ2n) is 10.3. The lowest BCUT2D eigenvalue weighted by Crippen LogP contribution is -2.53. The molecule has 1 aromatic heterocycles. The van der Waals surface area contributed by atoms with Gasteiger partial charge in [0, 0.05) is 30.4 Å². The van der Waals surface area contributed by atoms with Crippen LogP contribution in [0.1, 0.15) is 82.4 Å². The van der Waals surface area contributed by atoms with Crippen LogP contribution in [0.2, 0.25) is 0 Å². The number of hydrogen-bond acceptors (Lipinski definition) is 3. The molecule has 34 heavy (non-hydrogen) atoms. The van der Waals surface area contributed by atoms with Crippen LogP contribution in [0, 0.1) is 18.8 Å². The minimum atomic E-state index is -0.421. The maximum absolute atomic E-state index is 14.0. The molecule has 1 saturated carbocycles. The Hall–Kier alpha value is -2.69. The maximum atomic E-state index is 14.0. The first-order valence-electron chi connectivity index (χ1n) is 13.1. The lowest BCUT2D eigenvalue weighted by molar-refractivity contribution is -0.140. The molecule has 1 aliphatic carbocycles. The van der Waals surface area contributed by atoms with E-state index in [9.17, 15) is 9.59 Å². The summed E-state index contributed by atoms with van der Waals surface area (Å²) < 4.78 is 0. The van der Waals surface area contributed by atoms with Gasteiger partial charge in [-0.1, -0.05) is 62.9 Å². The number of pyridine rings is 1. The normalized spacial score (nSPS) is 20.7. The Labute approximate surface area is 204 Å². The molecular weight excluding hydrogens is 422 g/mol. The van der Waals surface area contributed by atoms with E-state index in [4.69, 9.17) is 0 Å². The van der Waals surface area contributed by atoms with E-state index in [0.29, 0.717) is 0 Å². The Morgan fingerprint density at radius 1 is 1.06 bits per heavy atom. The second-order valence-corrected chi connectivity index (χ2v) is 10.3. The number of amides is 2. The van der Waals surface area contributed by atoms with Gasteiger partial charge >= 0.3 is 0 Å². The van der Waals surface area contributed by atoms with Crippen molar-refractivity contribution in [3.8, 4) is 11.1 Å². The quantitative estimate of drug-likeness (QED) is 0.564. The lowest BCUT2D eigenvalue weighted by atomic mass is 9.83. The van der Waals surface area contributed by atoms with Crippen LogP contribution in [-0.2, 0) is 9.59 Å². The zero-order valence-corrected chi connectivity index (χ0v) is 20.9. The Bertz CT molecular complexity index is 998. The molecule has 0 spiro atoms. The minimum absolute atomic E-state index is 0.00489. The molecule has 1 saturated heterocycles. The van der Waals surface area contributed by atoms with Crippen molar-refractivity contribution < 1.29 is 9.59 Å². The van der Waals surface area contributed by atoms with Gasteiger partial charge in [0.15, 0.2) is 0 Å². The third-order valence-electron chi connectivity index (χ3n) is 7.78. The van der Waals surface area contributed by atoms with E-state index in [1.165, 1.54) is 12.0 Å². The third-order valence-corrected chi connectivity index (χ3v) is 7.78. The van der Waals surface area contributed by atoms with Gasteiger partial charge in [-0.2, -0.15) is 0 Å². The molecule has 2 aliphatic rings. The molecule has 5 heteroatoms. The lowest BCUT2D eigenvalue weighted by Gasteiger charge is -2.35. The average Bonchev–Trinajstić information content (AvgIpc) is 3.37. The summed E-state index contributed by atoms with van der Waals surface area (Å²) in [4.78, 5) is 33.4. The molecule has 1 N–H and O–H groups in total.